The van der Waals surface area contributed by atoms with Crippen LogP contribution in [0.3, 0.4) is 0 Å². The molecule has 0 saturated heterocycles. The molecule has 0 aliphatic heterocycles. The van der Waals surface area contributed by atoms with E-state index < -0.39 is 6.03 Å². The van der Waals surface area contributed by atoms with E-state index in [0.717, 1.165) is 4.90 Å². The van der Waals surface area contributed by atoms with Gasteiger partial charge in [0.25, 0.3) is 0 Å². The normalized spacial score (nSPS) is 10.1. The fourth-order valence-corrected chi connectivity index (χ4v) is 2.65. The van der Waals surface area contributed by atoms with E-state index in [1.807, 2.05) is 6.07 Å². The van der Waals surface area contributed by atoms with E-state index in [9.17, 15) is 9.59 Å². The Kier molecular flexibility index (Phi) is 6.02. The van der Waals surface area contributed by atoms with Crippen LogP contribution in [0.4, 0.5) is 16.3 Å². The summed E-state index contributed by atoms with van der Waals surface area (Å²) >= 11 is 6.08. The molecule has 2 aromatic carbocycles. The lowest BCUT2D eigenvalue weighted by Gasteiger charge is -2.22. The predicted molar refractivity (Wildman–Crippen MR) is 106 cm³/mol. The Morgan fingerprint density at radius 1 is 1.14 bits per heavy atom. The number of amides is 2. The Bertz CT molecular complexity index is 1080. The lowest BCUT2D eigenvalue weighted by Crippen LogP contribution is -2.32. The highest BCUT2D eigenvalue weighted by Gasteiger charge is 2.22. The molecule has 0 fully saturated rings. The molecule has 29 heavy (non-hydrogen) atoms. The van der Waals surface area contributed by atoms with E-state index >= 15 is 0 Å². The lowest BCUT2D eigenvalue weighted by atomic mass is 10.1. The van der Waals surface area contributed by atoms with Crippen molar-refractivity contribution in [2.24, 2.45) is 5.73 Å². The zero-order chi connectivity index (χ0) is 20.8. The van der Waals surface area contributed by atoms with Crippen molar-refractivity contribution in [2.45, 2.75) is 0 Å². The number of hydrogen-bond donors (Lipinski definition) is 1. The van der Waals surface area contributed by atoms with Crippen molar-refractivity contribution in [2.75, 3.05) is 11.5 Å². The number of nitriles is 1. The van der Waals surface area contributed by atoms with E-state index in [0.29, 0.717) is 10.6 Å². The maximum absolute atomic E-state index is 12.3. The summed E-state index contributed by atoms with van der Waals surface area (Å²) in [4.78, 5) is 33.4. The van der Waals surface area contributed by atoms with Crippen molar-refractivity contribution in [3.05, 3.63) is 77.2 Å². The summed E-state index contributed by atoms with van der Waals surface area (Å²) < 4.78 is 5.65. The first-order valence-electron chi connectivity index (χ1n) is 8.32. The minimum absolute atomic E-state index is 0.0676. The van der Waals surface area contributed by atoms with Crippen LogP contribution >= 0.6 is 11.6 Å². The smallest absolute Gasteiger partial charge is 0.325 e. The van der Waals surface area contributed by atoms with Crippen molar-refractivity contribution in [1.29, 1.82) is 5.26 Å². The Labute approximate surface area is 171 Å². The highest BCUT2D eigenvalue weighted by atomic mass is 35.5. The van der Waals surface area contributed by atoms with Crippen LogP contribution in [0, 0.1) is 11.3 Å². The largest absolute Gasteiger partial charge is 0.483 e. The van der Waals surface area contributed by atoms with Crippen LogP contribution < -0.4 is 15.4 Å². The van der Waals surface area contributed by atoms with Crippen molar-refractivity contribution >= 4 is 34.9 Å². The molecule has 0 aliphatic rings. The number of hydrogen-bond acceptors (Lipinski definition) is 6. The number of ketones is 1. The van der Waals surface area contributed by atoms with Crippen LogP contribution in [0.2, 0.25) is 5.02 Å². The number of nitrogens with zero attached hydrogens (tertiary/aromatic N) is 4. The van der Waals surface area contributed by atoms with Gasteiger partial charge in [0.2, 0.25) is 0 Å². The Morgan fingerprint density at radius 2 is 1.90 bits per heavy atom. The lowest BCUT2D eigenvalue weighted by molar-refractivity contribution is 0.0922. The van der Waals surface area contributed by atoms with Gasteiger partial charge in [-0.05, 0) is 18.2 Å². The molecule has 8 nitrogen and oxygen atoms in total. The summed E-state index contributed by atoms with van der Waals surface area (Å²) in [7, 11) is 0. The van der Waals surface area contributed by atoms with Crippen LogP contribution in [0.25, 0.3) is 0 Å². The number of halogens is 1. The van der Waals surface area contributed by atoms with Gasteiger partial charge in [0.1, 0.15) is 11.8 Å². The third-order valence-electron chi connectivity index (χ3n) is 3.82. The van der Waals surface area contributed by atoms with Crippen LogP contribution in [-0.4, -0.2) is 28.4 Å². The zero-order valence-electron chi connectivity index (χ0n) is 14.9. The number of urea groups is 1. The monoisotopic (exact) mass is 407 g/mol. The van der Waals surface area contributed by atoms with E-state index in [2.05, 4.69) is 9.97 Å². The first-order chi connectivity index (χ1) is 14.0. The van der Waals surface area contributed by atoms with Gasteiger partial charge in [0.15, 0.2) is 23.9 Å². The first-order valence-corrected chi connectivity index (χ1v) is 8.69. The summed E-state index contributed by atoms with van der Waals surface area (Å²) in [5.74, 6) is 0.0249. The van der Waals surface area contributed by atoms with E-state index in [1.165, 1.54) is 24.5 Å². The van der Waals surface area contributed by atoms with Gasteiger partial charge in [0.05, 0.1) is 18.1 Å². The van der Waals surface area contributed by atoms with Gasteiger partial charge in [-0.15, -0.1) is 0 Å². The molecule has 1 aromatic heterocycles. The van der Waals surface area contributed by atoms with E-state index in [1.54, 1.807) is 36.4 Å². The molecule has 0 atom stereocenters. The standard InChI is InChI=1S/C20H14ClN5O3/c21-14-6-7-18(29-12-17(27)13-4-2-1-3-5-13)16(8-14)26(20(23)28)19-11-24-15(9-22)10-25-19/h1-8,10-11H,12H2,(H2,23,28). The molecule has 2 N–H and O–H groups in total. The van der Waals surface area contributed by atoms with Crippen LogP contribution in [0.15, 0.2) is 60.9 Å². The van der Waals surface area contributed by atoms with Crippen molar-refractivity contribution in [3.63, 3.8) is 0 Å². The minimum Gasteiger partial charge on any atom is -0.483 e. The zero-order valence-corrected chi connectivity index (χ0v) is 15.7. The summed E-state index contributed by atoms with van der Waals surface area (Å²) in [5.41, 5.74) is 6.28. The van der Waals surface area contributed by atoms with Gasteiger partial charge in [-0.2, -0.15) is 5.26 Å². The third-order valence-corrected chi connectivity index (χ3v) is 4.05. The molecule has 0 spiro atoms. The second-order valence-electron chi connectivity index (χ2n) is 5.74. The second-order valence-corrected chi connectivity index (χ2v) is 6.17. The maximum Gasteiger partial charge on any atom is 0.325 e. The highest BCUT2D eigenvalue weighted by molar-refractivity contribution is 6.31. The van der Waals surface area contributed by atoms with Gasteiger partial charge >= 0.3 is 6.03 Å². The summed E-state index contributed by atoms with van der Waals surface area (Å²) in [6.07, 6.45) is 2.43. The molecule has 0 radical (unpaired) electrons. The van der Waals surface area contributed by atoms with Crippen molar-refractivity contribution < 1.29 is 14.3 Å². The third kappa shape index (κ3) is 4.66. The average Bonchev–Trinajstić information content (AvgIpc) is 2.74. The SMILES string of the molecule is N#Cc1cnc(N(C(N)=O)c2cc(Cl)ccc2OCC(=O)c2ccccc2)cn1. The Hall–Kier alpha value is -3.96. The van der Waals surface area contributed by atoms with Gasteiger partial charge in [-0.1, -0.05) is 41.9 Å². The molecule has 3 aromatic rings. The molecule has 9 heteroatoms. The molecule has 1 heterocycles. The van der Waals surface area contributed by atoms with Gasteiger partial charge in [-0.3, -0.25) is 4.79 Å². The summed E-state index contributed by atoms with van der Waals surface area (Å²) in [5, 5.41) is 9.18. The predicted octanol–water partition coefficient (Wildman–Crippen LogP) is 3.48. The highest BCUT2D eigenvalue weighted by Crippen LogP contribution is 2.35. The maximum atomic E-state index is 12.3. The molecular weight excluding hydrogens is 394 g/mol. The molecule has 144 valence electrons. The Morgan fingerprint density at radius 3 is 2.52 bits per heavy atom. The van der Waals surface area contributed by atoms with Crippen LogP contribution in [0.5, 0.6) is 5.75 Å². The molecule has 0 bridgehead atoms. The molecule has 2 amide bonds. The molecule has 0 saturated carbocycles. The number of carbonyl (C=O) groups is 2. The molecular formula is C20H14ClN5O3. The number of ether oxygens (including phenoxy) is 1. The molecule has 0 aliphatic carbocycles. The van der Waals surface area contributed by atoms with Gasteiger partial charge in [0, 0.05) is 10.6 Å². The number of nitrogens with two attached hydrogens (primary N) is 1. The van der Waals surface area contributed by atoms with Crippen molar-refractivity contribution in [1.82, 2.24) is 9.97 Å². The average molecular weight is 408 g/mol. The summed E-state index contributed by atoms with van der Waals surface area (Å²) in [6.45, 7) is -0.260. The molecule has 3 rings (SSSR count). The number of benzene rings is 2. The number of aromatic nitrogens is 2. The van der Waals surface area contributed by atoms with E-state index in [4.69, 9.17) is 27.3 Å². The van der Waals surface area contributed by atoms with Crippen LogP contribution in [0.1, 0.15) is 16.1 Å². The summed E-state index contributed by atoms with van der Waals surface area (Å²) in [6, 6.07) is 14.1. The van der Waals surface area contributed by atoms with Crippen LogP contribution in [-0.2, 0) is 0 Å². The number of rotatable bonds is 6. The van der Waals surface area contributed by atoms with Gasteiger partial charge < -0.3 is 10.5 Å². The minimum atomic E-state index is -0.870. The number of carbonyl (C=O) groups excluding carboxylic acids is 2. The number of Topliss-reactive ketones (excluding diaryl/α,β-unsaturated/α-hetero) is 1. The quantitative estimate of drug-likeness (QED) is 0.624. The first kappa shape index (κ1) is 19.8. The Balaban J connectivity index is 1.92. The fourth-order valence-electron chi connectivity index (χ4n) is 2.49. The topological polar surface area (TPSA) is 122 Å². The number of anilines is 2. The number of primary amides is 1. The second kappa shape index (κ2) is 8.82. The van der Waals surface area contributed by atoms with E-state index in [-0.39, 0.29) is 35.3 Å². The van der Waals surface area contributed by atoms with Gasteiger partial charge in [-0.25, -0.2) is 19.7 Å². The fraction of sp³-hybridized carbons (Fsp3) is 0.0500. The van der Waals surface area contributed by atoms with Crippen molar-refractivity contribution in [3.8, 4) is 11.8 Å². The molecule has 0 unspecified atom stereocenters.